The predicted molar refractivity (Wildman–Crippen MR) is 76.0 cm³/mol. The van der Waals surface area contributed by atoms with Crippen molar-refractivity contribution in [2.45, 2.75) is 43.5 Å². The maximum atomic E-state index is 12.2. The molecule has 1 aromatic heterocycles. The monoisotopic (exact) mass is 322 g/mol. The molecular weight excluding hydrogens is 307 g/mol. The molecule has 1 aliphatic rings. The van der Waals surface area contributed by atoms with Crippen LogP contribution in [0.5, 0.6) is 0 Å². The van der Waals surface area contributed by atoms with Crippen LogP contribution in [-0.2, 0) is 10.0 Å². The second-order valence-electron chi connectivity index (χ2n) is 5.03. The molecule has 0 aliphatic heterocycles. The van der Waals surface area contributed by atoms with Gasteiger partial charge in [-0.15, -0.1) is 0 Å². The van der Waals surface area contributed by atoms with Crippen LogP contribution in [0.4, 0.5) is 0 Å². The van der Waals surface area contributed by atoms with Gasteiger partial charge in [0.05, 0.1) is 5.02 Å². The summed E-state index contributed by atoms with van der Waals surface area (Å²) < 4.78 is 27.2. The van der Waals surface area contributed by atoms with E-state index in [1.165, 1.54) is 12.3 Å². The number of nitrogens with zero attached hydrogens (tertiary/aromatic N) is 1. The molecule has 2 rings (SSSR count). The van der Waals surface area contributed by atoms with Gasteiger partial charge < -0.3 is 0 Å². The Kier molecular flexibility index (Phi) is 4.71. The van der Waals surface area contributed by atoms with Gasteiger partial charge in [-0.3, -0.25) is 0 Å². The van der Waals surface area contributed by atoms with Crippen molar-refractivity contribution in [3.8, 4) is 0 Å². The Morgan fingerprint density at radius 1 is 1.37 bits per heavy atom. The molecule has 1 fully saturated rings. The van der Waals surface area contributed by atoms with E-state index in [0.29, 0.717) is 5.92 Å². The molecular formula is C12H16Cl2N2O2S. The molecule has 1 aromatic rings. The van der Waals surface area contributed by atoms with Crippen LogP contribution in [0.2, 0.25) is 10.2 Å². The first-order valence-electron chi connectivity index (χ1n) is 6.22. The summed E-state index contributed by atoms with van der Waals surface area (Å²) in [6.07, 6.45) is 5.18. The number of rotatable bonds is 3. The third kappa shape index (κ3) is 3.81. The number of aromatic nitrogens is 1. The van der Waals surface area contributed by atoms with Crippen molar-refractivity contribution in [1.82, 2.24) is 9.71 Å². The minimum Gasteiger partial charge on any atom is -0.242 e. The van der Waals surface area contributed by atoms with Crippen LogP contribution in [0.15, 0.2) is 17.2 Å². The molecule has 1 heterocycles. The number of halogens is 2. The lowest BCUT2D eigenvalue weighted by atomic mass is 9.88. The molecule has 0 radical (unpaired) electrons. The lowest BCUT2D eigenvalue weighted by Crippen LogP contribution is -2.37. The Morgan fingerprint density at radius 3 is 2.74 bits per heavy atom. The van der Waals surface area contributed by atoms with Gasteiger partial charge in [0.2, 0.25) is 10.0 Å². The Hall–Kier alpha value is -0.360. The molecule has 0 saturated heterocycles. The highest BCUT2D eigenvalue weighted by molar-refractivity contribution is 7.89. The highest BCUT2D eigenvalue weighted by Crippen LogP contribution is 2.26. The normalized spacial score (nSPS) is 24.4. The first-order chi connectivity index (χ1) is 8.88. The summed E-state index contributed by atoms with van der Waals surface area (Å²) in [5, 5.41) is 0.244. The highest BCUT2D eigenvalue weighted by Gasteiger charge is 2.25. The van der Waals surface area contributed by atoms with E-state index in [1.807, 2.05) is 0 Å². The first kappa shape index (κ1) is 15.0. The summed E-state index contributed by atoms with van der Waals surface area (Å²) in [6.45, 7) is 2.14. The van der Waals surface area contributed by atoms with Gasteiger partial charge in [-0.05, 0) is 24.8 Å². The van der Waals surface area contributed by atoms with E-state index in [-0.39, 0.29) is 21.1 Å². The van der Waals surface area contributed by atoms with E-state index in [9.17, 15) is 8.42 Å². The minimum atomic E-state index is -3.58. The predicted octanol–water partition coefficient (Wildman–Crippen LogP) is 3.25. The molecule has 1 aliphatic carbocycles. The van der Waals surface area contributed by atoms with Crippen LogP contribution in [0.25, 0.3) is 0 Å². The number of pyridine rings is 1. The van der Waals surface area contributed by atoms with E-state index in [1.54, 1.807) is 0 Å². The maximum Gasteiger partial charge on any atom is 0.242 e. The molecule has 2 unspecified atom stereocenters. The van der Waals surface area contributed by atoms with Crippen molar-refractivity contribution in [2.24, 2.45) is 5.92 Å². The van der Waals surface area contributed by atoms with Gasteiger partial charge in [-0.2, -0.15) is 0 Å². The van der Waals surface area contributed by atoms with Gasteiger partial charge in [0, 0.05) is 12.2 Å². The number of hydrogen-bond acceptors (Lipinski definition) is 3. The lowest BCUT2D eigenvalue weighted by molar-refractivity contribution is 0.327. The smallest absolute Gasteiger partial charge is 0.242 e. The topological polar surface area (TPSA) is 59.1 Å². The van der Waals surface area contributed by atoms with Gasteiger partial charge >= 0.3 is 0 Å². The molecule has 4 nitrogen and oxygen atoms in total. The lowest BCUT2D eigenvalue weighted by Gasteiger charge is -2.27. The van der Waals surface area contributed by atoms with Crippen LogP contribution in [-0.4, -0.2) is 19.4 Å². The Bertz CT molecular complexity index is 563. The van der Waals surface area contributed by atoms with Crippen LogP contribution in [0.3, 0.4) is 0 Å². The van der Waals surface area contributed by atoms with Crippen molar-refractivity contribution in [3.05, 3.63) is 22.4 Å². The molecule has 0 spiro atoms. The van der Waals surface area contributed by atoms with E-state index in [0.717, 1.165) is 25.7 Å². The highest BCUT2D eigenvalue weighted by atomic mass is 35.5. The largest absolute Gasteiger partial charge is 0.242 e. The molecule has 7 heteroatoms. The average Bonchev–Trinajstić information content (AvgIpc) is 2.32. The average molecular weight is 323 g/mol. The van der Waals surface area contributed by atoms with Gasteiger partial charge in [0.15, 0.2) is 0 Å². The van der Waals surface area contributed by atoms with Crippen molar-refractivity contribution >= 4 is 33.2 Å². The zero-order valence-corrected chi connectivity index (χ0v) is 12.9. The molecule has 2 atom stereocenters. The summed E-state index contributed by atoms with van der Waals surface area (Å²) in [7, 11) is -3.58. The summed E-state index contributed by atoms with van der Waals surface area (Å²) in [5.74, 6) is 0.549. The Morgan fingerprint density at radius 2 is 2.11 bits per heavy atom. The van der Waals surface area contributed by atoms with Crippen LogP contribution in [0.1, 0.15) is 32.6 Å². The van der Waals surface area contributed by atoms with E-state index in [2.05, 4.69) is 16.6 Å². The minimum absolute atomic E-state index is 0.0109. The number of sulfonamides is 1. The molecule has 1 N–H and O–H groups in total. The van der Waals surface area contributed by atoms with Crippen molar-refractivity contribution in [2.75, 3.05) is 0 Å². The van der Waals surface area contributed by atoms with Gasteiger partial charge in [-0.25, -0.2) is 18.1 Å². The quantitative estimate of drug-likeness (QED) is 0.869. The van der Waals surface area contributed by atoms with Crippen molar-refractivity contribution in [1.29, 1.82) is 0 Å². The van der Waals surface area contributed by atoms with E-state index in [4.69, 9.17) is 23.2 Å². The fourth-order valence-corrected chi connectivity index (χ4v) is 3.97. The Labute approximate surface area is 123 Å². The number of nitrogens with one attached hydrogen (secondary N) is 1. The van der Waals surface area contributed by atoms with Gasteiger partial charge in [-0.1, -0.05) is 43.0 Å². The van der Waals surface area contributed by atoms with Crippen LogP contribution < -0.4 is 4.72 Å². The second kappa shape index (κ2) is 5.95. The zero-order chi connectivity index (χ0) is 14.0. The maximum absolute atomic E-state index is 12.2. The second-order valence-corrected chi connectivity index (χ2v) is 7.51. The van der Waals surface area contributed by atoms with Crippen molar-refractivity contribution in [3.63, 3.8) is 0 Å². The first-order valence-corrected chi connectivity index (χ1v) is 8.46. The molecule has 106 valence electrons. The SMILES string of the molecule is CC1CCCC(NS(=O)(=O)c2cnc(Cl)c(Cl)c2)C1. The summed E-state index contributed by atoms with van der Waals surface area (Å²) in [6, 6.07) is 1.31. The summed E-state index contributed by atoms with van der Waals surface area (Å²) in [5.41, 5.74) is 0. The standard InChI is InChI=1S/C12H16Cl2N2O2S/c1-8-3-2-4-9(5-8)16-19(17,18)10-6-11(13)12(14)15-7-10/h6-9,16H,2-5H2,1H3. The van der Waals surface area contributed by atoms with Crippen molar-refractivity contribution < 1.29 is 8.42 Å². The fourth-order valence-electron chi connectivity index (χ4n) is 2.38. The van der Waals surface area contributed by atoms with Gasteiger partial charge in [0.1, 0.15) is 10.0 Å². The third-order valence-electron chi connectivity index (χ3n) is 3.34. The molecule has 0 amide bonds. The zero-order valence-electron chi connectivity index (χ0n) is 10.6. The number of hydrogen-bond donors (Lipinski definition) is 1. The Balaban J connectivity index is 2.15. The van der Waals surface area contributed by atoms with Crippen LogP contribution in [0, 0.1) is 5.92 Å². The van der Waals surface area contributed by atoms with Gasteiger partial charge in [0.25, 0.3) is 0 Å². The molecule has 0 aromatic carbocycles. The molecule has 19 heavy (non-hydrogen) atoms. The van der Waals surface area contributed by atoms with E-state index >= 15 is 0 Å². The third-order valence-corrected chi connectivity index (χ3v) is 5.51. The summed E-state index contributed by atoms with van der Waals surface area (Å²) >= 11 is 11.5. The fraction of sp³-hybridized carbons (Fsp3) is 0.583. The molecule has 0 bridgehead atoms. The van der Waals surface area contributed by atoms with E-state index < -0.39 is 10.0 Å². The molecule has 1 saturated carbocycles. The summed E-state index contributed by atoms with van der Waals surface area (Å²) in [4.78, 5) is 3.82. The van der Waals surface area contributed by atoms with Crippen LogP contribution >= 0.6 is 23.2 Å².